The van der Waals surface area contributed by atoms with Crippen molar-refractivity contribution >= 4 is 29.2 Å². The van der Waals surface area contributed by atoms with E-state index in [0.717, 1.165) is 45.7 Å². The minimum absolute atomic E-state index is 0.0439. The number of carboxylic acid groups (broad SMARTS) is 1. The van der Waals surface area contributed by atoms with Crippen LogP contribution in [0.1, 0.15) is 35.9 Å². The largest absolute Gasteiger partial charge is 0.481 e. The zero-order valence-corrected chi connectivity index (χ0v) is 16.0. The van der Waals surface area contributed by atoms with E-state index in [-0.39, 0.29) is 12.3 Å². The zero-order valence-electron chi connectivity index (χ0n) is 16.0. The summed E-state index contributed by atoms with van der Waals surface area (Å²) in [4.78, 5) is 31.2. The monoisotopic (exact) mass is 387 g/mol. The number of carboxylic acids is 1. The maximum absolute atomic E-state index is 12.8. The molecule has 0 bridgehead atoms. The molecule has 146 valence electrons. The molecule has 4 rings (SSSR count). The van der Waals surface area contributed by atoms with Crippen LogP contribution in [0.3, 0.4) is 0 Å². The number of hydrogen-bond acceptors (Lipinski definition) is 3. The van der Waals surface area contributed by atoms with Crippen LogP contribution in [-0.4, -0.2) is 27.0 Å². The average molecular weight is 387 g/mol. The molecule has 0 fully saturated rings. The van der Waals surface area contributed by atoms with Crippen molar-refractivity contribution in [3.05, 3.63) is 71.3 Å². The van der Waals surface area contributed by atoms with Crippen LogP contribution in [0.25, 0.3) is 22.8 Å². The standard InChI is InChI=1S/C23H21N3O3/c1-2-16-12-15(6-7-21(27)28)20(25-16)13-18-22-17(14-8-10-24-11-9-14)4-3-5-19(22)26-23(18)29/h3-5,8-13,25H,2,6-7H2,1H3,(H,26,29)(H,27,28)/b18-13-. The number of carbonyl (C=O) groups excluding carboxylic acids is 1. The summed E-state index contributed by atoms with van der Waals surface area (Å²) in [6, 6.07) is 11.6. The lowest BCUT2D eigenvalue weighted by Gasteiger charge is -2.08. The summed E-state index contributed by atoms with van der Waals surface area (Å²) in [5.74, 6) is -1.01. The van der Waals surface area contributed by atoms with E-state index in [1.165, 1.54) is 0 Å². The van der Waals surface area contributed by atoms with Gasteiger partial charge in [-0.25, -0.2) is 0 Å². The van der Waals surface area contributed by atoms with E-state index in [1.54, 1.807) is 12.4 Å². The van der Waals surface area contributed by atoms with Crippen molar-refractivity contribution in [2.45, 2.75) is 26.2 Å². The number of nitrogens with one attached hydrogen (secondary N) is 2. The lowest BCUT2D eigenvalue weighted by molar-refractivity contribution is -0.137. The molecule has 0 spiro atoms. The Balaban J connectivity index is 1.82. The molecular weight excluding hydrogens is 366 g/mol. The maximum atomic E-state index is 12.8. The van der Waals surface area contributed by atoms with Crippen LogP contribution in [0.2, 0.25) is 0 Å². The number of carbonyl (C=O) groups is 2. The first-order chi connectivity index (χ1) is 14.1. The topological polar surface area (TPSA) is 95.1 Å². The van der Waals surface area contributed by atoms with Crippen molar-refractivity contribution in [2.24, 2.45) is 0 Å². The third-order valence-corrected chi connectivity index (χ3v) is 5.09. The van der Waals surface area contributed by atoms with Gasteiger partial charge in [0, 0.05) is 41.5 Å². The first-order valence-electron chi connectivity index (χ1n) is 9.56. The number of H-pyrrole nitrogens is 1. The van der Waals surface area contributed by atoms with Gasteiger partial charge in [-0.1, -0.05) is 19.1 Å². The third-order valence-electron chi connectivity index (χ3n) is 5.09. The van der Waals surface area contributed by atoms with Crippen LogP contribution < -0.4 is 5.32 Å². The highest BCUT2D eigenvalue weighted by molar-refractivity contribution is 6.36. The van der Waals surface area contributed by atoms with Crippen molar-refractivity contribution in [1.29, 1.82) is 0 Å². The summed E-state index contributed by atoms with van der Waals surface area (Å²) >= 11 is 0. The van der Waals surface area contributed by atoms with E-state index < -0.39 is 5.97 Å². The fraction of sp³-hybridized carbons (Fsp3) is 0.174. The lowest BCUT2D eigenvalue weighted by Crippen LogP contribution is -2.04. The van der Waals surface area contributed by atoms with Gasteiger partial charge in [-0.3, -0.25) is 14.6 Å². The normalized spacial score (nSPS) is 14.1. The number of benzene rings is 1. The molecule has 29 heavy (non-hydrogen) atoms. The summed E-state index contributed by atoms with van der Waals surface area (Å²) in [6.07, 6.45) is 6.54. The summed E-state index contributed by atoms with van der Waals surface area (Å²) in [5.41, 5.74) is 6.80. The van der Waals surface area contributed by atoms with Gasteiger partial charge in [0.15, 0.2) is 0 Å². The molecule has 0 radical (unpaired) electrons. The molecule has 0 saturated carbocycles. The Morgan fingerprint density at radius 1 is 1.21 bits per heavy atom. The molecule has 1 aromatic carbocycles. The van der Waals surface area contributed by atoms with Crippen LogP contribution in [0, 0.1) is 0 Å². The molecule has 1 aliphatic heterocycles. The van der Waals surface area contributed by atoms with E-state index in [9.17, 15) is 9.59 Å². The Bertz CT molecular complexity index is 1110. The highest BCUT2D eigenvalue weighted by Crippen LogP contribution is 2.40. The van der Waals surface area contributed by atoms with Gasteiger partial charge in [0.25, 0.3) is 5.91 Å². The van der Waals surface area contributed by atoms with E-state index in [4.69, 9.17) is 5.11 Å². The summed E-state index contributed by atoms with van der Waals surface area (Å²) in [7, 11) is 0. The summed E-state index contributed by atoms with van der Waals surface area (Å²) < 4.78 is 0. The maximum Gasteiger partial charge on any atom is 0.303 e. The van der Waals surface area contributed by atoms with Crippen molar-refractivity contribution in [3.8, 4) is 11.1 Å². The van der Waals surface area contributed by atoms with Crippen LogP contribution in [0.5, 0.6) is 0 Å². The highest BCUT2D eigenvalue weighted by Gasteiger charge is 2.27. The van der Waals surface area contributed by atoms with E-state index in [2.05, 4.69) is 15.3 Å². The van der Waals surface area contributed by atoms with Gasteiger partial charge in [-0.05, 0) is 59.9 Å². The van der Waals surface area contributed by atoms with E-state index in [0.29, 0.717) is 12.0 Å². The van der Waals surface area contributed by atoms with E-state index >= 15 is 0 Å². The number of rotatable bonds is 6. The number of nitrogens with zero attached hydrogens (tertiary/aromatic N) is 1. The van der Waals surface area contributed by atoms with Crippen molar-refractivity contribution in [1.82, 2.24) is 9.97 Å². The molecule has 1 aliphatic rings. The Morgan fingerprint density at radius 3 is 2.72 bits per heavy atom. The smallest absolute Gasteiger partial charge is 0.303 e. The molecule has 6 heteroatoms. The Morgan fingerprint density at radius 2 is 2.00 bits per heavy atom. The number of aromatic nitrogens is 2. The van der Waals surface area contributed by atoms with Gasteiger partial charge in [-0.15, -0.1) is 0 Å². The quantitative estimate of drug-likeness (QED) is 0.554. The fourth-order valence-electron chi connectivity index (χ4n) is 3.65. The number of pyridine rings is 1. The number of aryl methyl sites for hydroxylation is 2. The number of aromatic amines is 1. The van der Waals surface area contributed by atoms with Crippen molar-refractivity contribution < 1.29 is 14.7 Å². The predicted molar refractivity (Wildman–Crippen MR) is 112 cm³/mol. The Kier molecular flexibility index (Phi) is 4.99. The second-order valence-corrected chi connectivity index (χ2v) is 6.96. The molecule has 6 nitrogen and oxygen atoms in total. The fourth-order valence-corrected chi connectivity index (χ4v) is 3.65. The summed E-state index contributed by atoms with van der Waals surface area (Å²) in [5, 5.41) is 12.0. The Labute approximate surface area is 168 Å². The molecule has 3 aromatic rings. The average Bonchev–Trinajstić information content (AvgIpc) is 3.27. The first-order valence-corrected chi connectivity index (χ1v) is 9.56. The molecule has 0 atom stereocenters. The SMILES string of the molecule is CCc1cc(CCC(=O)O)c(/C=C2\C(=O)Nc3cccc(-c4ccncc4)c32)[nH]1. The molecular formula is C23H21N3O3. The Hall–Kier alpha value is -3.67. The first kappa shape index (κ1) is 18.7. The van der Waals surface area contributed by atoms with Crippen molar-refractivity contribution in [3.63, 3.8) is 0 Å². The lowest BCUT2D eigenvalue weighted by atomic mass is 9.94. The van der Waals surface area contributed by atoms with Gasteiger partial charge < -0.3 is 15.4 Å². The second-order valence-electron chi connectivity index (χ2n) is 6.96. The van der Waals surface area contributed by atoms with Crippen LogP contribution in [0.15, 0.2) is 48.8 Å². The molecule has 0 saturated heterocycles. The van der Waals surface area contributed by atoms with Gasteiger partial charge in [0.05, 0.1) is 5.57 Å². The molecule has 3 heterocycles. The molecule has 3 N–H and O–H groups in total. The number of anilines is 1. The minimum atomic E-state index is -0.841. The number of aliphatic carboxylic acids is 1. The number of fused-ring (bicyclic) bond motifs is 1. The van der Waals surface area contributed by atoms with Gasteiger partial charge in [-0.2, -0.15) is 0 Å². The minimum Gasteiger partial charge on any atom is -0.481 e. The van der Waals surface area contributed by atoms with Gasteiger partial charge in [0.2, 0.25) is 0 Å². The molecule has 2 aromatic heterocycles. The van der Waals surface area contributed by atoms with Crippen LogP contribution in [-0.2, 0) is 22.4 Å². The van der Waals surface area contributed by atoms with Gasteiger partial charge >= 0.3 is 5.97 Å². The second kappa shape index (κ2) is 7.75. The zero-order chi connectivity index (χ0) is 20.4. The highest BCUT2D eigenvalue weighted by atomic mass is 16.4. The van der Waals surface area contributed by atoms with Crippen molar-refractivity contribution in [2.75, 3.05) is 5.32 Å². The molecule has 1 amide bonds. The molecule has 0 aliphatic carbocycles. The summed E-state index contributed by atoms with van der Waals surface area (Å²) in [6.45, 7) is 2.03. The van der Waals surface area contributed by atoms with Crippen LogP contribution >= 0.6 is 0 Å². The van der Waals surface area contributed by atoms with Crippen LogP contribution in [0.4, 0.5) is 5.69 Å². The number of amides is 1. The van der Waals surface area contributed by atoms with Gasteiger partial charge in [0.1, 0.15) is 0 Å². The third kappa shape index (κ3) is 3.69. The molecule has 0 unspecified atom stereocenters. The van der Waals surface area contributed by atoms with E-state index in [1.807, 2.05) is 49.4 Å². The number of hydrogen-bond donors (Lipinski definition) is 3. The predicted octanol–water partition coefficient (Wildman–Crippen LogP) is 4.15.